The number of aromatic amines is 3. The number of nitrogens with one attached hydrogen (secondary N) is 4. The van der Waals surface area contributed by atoms with Gasteiger partial charge in [0.15, 0.2) is 0 Å². The van der Waals surface area contributed by atoms with Crippen molar-refractivity contribution in [3.05, 3.63) is 35.0 Å². The van der Waals surface area contributed by atoms with Gasteiger partial charge in [0.25, 0.3) is 0 Å². The maximum atomic E-state index is 11.4. The minimum absolute atomic E-state index is 0.229. The summed E-state index contributed by atoms with van der Waals surface area (Å²) in [7, 11) is 0. The number of fused-ring (bicyclic) bond motifs is 2. The van der Waals surface area contributed by atoms with Gasteiger partial charge >= 0.3 is 5.69 Å². The van der Waals surface area contributed by atoms with E-state index in [9.17, 15) is 4.79 Å². The van der Waals surface area contributed by atoms with E-state index in [0.29, 0.717) is 18.3 Å². The van der Waals surface area contributed by atoms with Crippen molar-refractivity contribution in [1.29, 1.82) is 0 Å². The van der Waals surface area contributed by atoms with Gasteiger partial charge < -0.3 is 25.0 Å². The predicted octanol–water partition coefficient (Wildman–Crippen LogP) is 1.78. The van der Waals surface area contributed by atoms with Crippen LogP contribution in [0.25, 0.3) is 33.5 Å². The van der Waals surface area contributed by atoms with Gasteiger partial charge in [-0.05, 0) is 25.0 Å². The normalized spacial score (nSPS) is 17.3. The number of anilines is 1. The van der Waals surface area contributed by atoms with Crippen LogP contribution in [0, 0.1) is 0 Å². The average Bonchev–Trinajstić information content (AvgIpc) is 3.36. The van der Waals surface area contributed by atoms with E-state index < -0.39 is 0 Å². The first-order valence-corrected chi connectivity index (χ1v) is 8.54. The second-order valence-corrected chi connectivity index (χ2v) is 6.39. The number of hydrogen-bond acceptors (Lipinski definition) is 6. The van der Waals surface area contributed by atoms with Gasteiger partial charge in [-0.25, -0.2) is 19.7 Å². The quantitative estimate of drug-likeness (QED) is 0.444. The molecule has 1 unspecified atom stereocenters. The van der Waals surface area contributed by atoms with Crippen molar-refractivity contribution in [3.63, 3.8) is 0 Å². The Morgan fingerprint density at radius 3 is 2.69 bits per heavy atom. The van der Waals surface area contributed by atoms with Crippen LogP contribution >= 0.6 is 0 Å². The molecule has 1 aliphatic heterocycles. The summed E-state index contributed by atoms with van der Waals surface area (Å²) in [5, 5.41) is 3.20. The molecule has 9 heteroatoms. The van der Waals surface area contributed by atoms with Gasteiger partial charge in [0.1, 0.15) is 5.82 Å². The van der Waals surface area contributed by atoms with E-state index >= 15 is 0 Å². The van der Waals surface area contributed by atoms with E-state index in [1.165, 1.54) is 0 Å². The molecule has 4 aromatic rings. The molecule has 132 valence electrons. The number of ether oxygens (including phenoxy) is 1. The minimum Gasteiger partial charge on any atom is -0.376 e. The zero-order valence-corrected chi connectivity index (χ0v) is 13.9. The van der Waals surface area contributed by atoms with Crippen LogP contribution in [0.2, 0.25) is 0 Å². The molecule has 1 aliphatic rings. The molecule has 9 nitrogen and oxygen atoms in total. The Morgan fingerprint density at radius 1 is 1.12 bits per heavy atom. The molecular weight excluding hydrogens is 334 g/mol. The smallest absolute Gasteiger partial charge is 0.323 e. The Bertz CT molecular complexity index is 1070. The van der Waals surface area contributed by atoms with Crippen molar-refractivity contribution in [2.45, 2.75) is 18.9 Å². The van der Waals surface area contributed by atoms with Crippen molar-refractivity contribution >= 4 is 28.0 Å². The summed E-state index contributed by atoms with van der Waals surface area (Å²) >= 11 is 0. The van der Waals surface area contributed by atoms with Crippen molar-refractivity contribution in [2.24, 2.45) is 0 Å². The molecule has 4 N–H and O–H groups in total. The first kappa shape index (κ1) is 15.1. The van der Waals surface area contributed by atoms with Crippen molar-refractivity contribution in [3.8, 4) is 11.4 Å². The van der Waals surface area contributed by atoms with Crippen LogP contribution in [0.1, 0.15) is 12.8 Å². The molecule has 5 rings (SSSR count). The van der Waals surface area contributed by atoms with E-state index in [0.717, 1.165) is 47.1 Å². The molecule has 1 aromatic carbocycles. The standard InChI is InChI=1S/C17H17N7O2/c25-17-23-13-4-11-12(5-14(13)24-17)22-15(21-11)9-6-18-16(19-7-9)20-8-10-2-1-3-26-10/h4-7,10H,1-3,8H2,(H,21,22)(H,18,19,20)(H2,23,24,25). The van der Waals surface area contributed by atoms with Crippen LogP contribution in [0.15, 0.2) is 29.3 Å². The highest BCUT2D eigenvalue weighted by molar-refractivity contribution is 5.92. The third-order valence-electron chi connectivity index (χ3n) is 4.55. The number of hydrogen-bond donors (Lipinski definition) is 4. The molecule has 0 spiro atoms. The predicted molar refractivity (Wildman–Crippen MR) is 97.1 cm³/mol. The molecular formula is C17H17N7O2. The first-order valence-electron chi connectivity index (χ1n) is 8.54. The molecule has 1 fully saturated rings. The Kier molecular flexibility index (Phi) is 3.45. The van der Waals surface area contributed by atoms with E-state index in [-0.39, 0.29) is 11.8 Å². The monoisotopic (exact) mass is 351 g/mol. The summed E-state index contributed by atoms with van der Waals surface area (Å²) in [6.45, 7) is 1.55. The van der Waals surface area contributed by atoms with Gasteiger partial charge in [-0.3, -0.25) is 0 Å². The summed E-state index contributed by atoms with van der Waals surface area (Å²) in [5.41, 5.74) is 3.63. The molecule has 1 saturated heterocycles. The van der Waals surface area contributed by atoms with Crippen LogP contribution in [0.5, 0.6) is 0 Å². The second kappa shape index (κ2) is 5.95. The lowest BCUT2D eigenvalue weighted by Gasteiger charge is -2.10. The van der Waals surface area contributed by atoms with Gasteiger partial charge in [0.2, 0.25) is 5.95 Å². The van der Waals surface area contributed by atoms with Crippen molar-refractivity contribution in [1.82, 2.24) is 29.9 Å². The molecule has 0 saturated carbocycles. The molecule has 4 heterocycles. The third kappa shape index (κ3) is 2.72. The summed E-state index contributed by atoms with van der Waals surface area (Å²) in [6, 6.07) is 3.69. The Labute approximate surface area is 147 Å². The summed E-state index contributed by atoms with van der Waals surface area (Å²) < 4.78 is 5.58. The number of benzene rings is 1. The maximum absolute atomic E-state index is 11.4. The highest BCUT2D eigenvalue weighted by Crippen LogP contribution is 2.22. The van der Waals surface area contributed by atoms with Crippen LogP contribution in [0.3, 0.4) is 0 Å². The Balaban J connectivity index is 1.39. The molecule has 3 aromatic heterocycles. The molecule has 26 heavy (non-hydrogen) atoms. The minimum atomic E-state index is -0.229. The van der Waals surface area contributed by atoms with Crippen LogP contribution < -0.4 is 11.0 Å². The van der Waals surface area contributed by atoms with Crippen molar-refractivity contribution in [2.75, 3.05) is 18.5 Å². The largest absolute Gasteiger partial charge is 0.376 e. The zero-order chi connectivity index (χ0) is 17.5. The van der Waals surface area contributed by atoms with Gasteiger partial charge in [-0.15, -0.1) is 0 Å². The summed E-state index contributed by atoms with van der Waals surface area (Å²) in [5.74, 6) is 1.26. The fourth-order valence-electron chi connectivity index (χ4n) is 3.23. The van der Waals surface area contributed by atoms with E-state index in [1.807, 2.05) is 12.1 Å². The van der Waals surface area contributed by atoms with Gasteiger partial charge in [-0.2, -0.15) is 0 Å². The van der Waals surface area contributed by atoms with E-state index in [2.05, 4.69) is 35.2 Å². The Hall–Kier alpha value is -3.20. The lowest BCUT2D eigenvalue weighted by Crippen LogP contribution is -2.19. The highest BCUT2D eigenvalue weighted by atomic mass is 16.5. The lowest BCUT2D eigenvalue weighted by atomic mass is 10.2. The fraction of sp³-hybridized carbons (Fsp3) is 0.294. The van der Waals surface area contributed by atoms with Crippen LogP contribution in [0.4, 0.5) is 5.95 Å². The SMILES string of the molecule is O=c1[nH]c2cc3nc(-c4cnc(NCC5CCCO5)nc4)[nH]c3cc2[nH]1. The topological polar surface area (TPSA) is 124 Å². The zero-order valence-electron chi connectivity index (χ0n) is 13.9. The Morgan fingerprint density at radius 2 is 1.92 bits per heavy atom. The summed E-state index contributed by atoms with van der Waals surface area (Å²) in [4.78, 5) is 33.4. The highest BCUT2D eigenvalue weighted by Gasteiger charge is 2.15. The number of H-pyrrole nitrogens is 3. The fourth-order valence-corrected chi connectivity index (χ4v) is 3.23. The first-order chi connectivity index (χ1) is 12.7. The van der Waals surface area contributed by atoms with Gasteiger partial charge in [0, 0.05) is 25.5 Å². The average molecular weight is 351 g/mol. The van der Waals surface area contributed by atoms with Gasteiger partial charge in [0.05, 0.1) is 33.7 Å². The molecule has 1 atom stereocenters. The molecule has 0 aliphatic carbocycles. The number of rotatable bonds is 4. The van der Waals surface area contributed by atoms with Crippen LogP contribution in [-0.4, -0.2) is 49.2 Å². The number of nitrogens with zero attached hydrogens (tertiary/aromatic N) is 3. The summed E-state index contributed by atoms with van der Waals surface area (Å²) in [6.07, 6.45) is 5.89. The number of imidazole rings is 2. The van der Waals surface area contributed by atoms with E-state index in [4.69, 9.17) is 4.74 Å². The van der Waals surface area contributed by atoms with E-state index in [1.54, 1.807) is 12.4 Å². The molecule has 0 bridgehead atoms. The molecule has 0 radical (unpaired) electrons. The molecule has 0 amide bonds. The second-order valence-electron chi connectivity index (χ2n) is 6.39. The maximum Gasteiger partial charge on any atom is 0.323 e. The third-order valence-corrected chi connectivity index (χ3v) is 4.55. The van der Waals surface area contributed by atoms with Crippen molar-refractivity contribution < 1.29 is 4.74 Å². The van der Waals surface area contributed by atoms with Gasteiger partial charge in [-0.1, -0.05) is 0 Å². The number of aromatic nitrogens is 6. The van der Waals surface area contributed by atoms with Crippen LogP contribution in [-0.2, 0) is 4.74 Å². The lowest BCUT2D eigenvalue weighted by molar-refractivity contribution is 0.120.